The molecule has 0 radical (unpaired) electrons. The zero-order chi connectivity index (χ0) is 17.8. The first-order chi connectivity index (χ1) is 12.1. The van der Waals surface area contributed by atoms with Crippen molar-refractivity contribution in [3.8, 4) is 11.8 Å². The van der Waals surface area contributed by atoms with Gasteiger partial charge in [-0.05, 0) is 31.5 Å². The molecule has 3 rings (SSSR count). The van der Waals surface area contributed by atoms with E-state index in [1.807, 2.05) is 44.2 Å². The third-order valence-corrected chi connectivity index (χ3v) is 5.03. The van der Waals surface area contributed by atoms with Crippen molar-refractivity contribution in [1.29, 1.82) is 5.26 Å². The summed E-state index contributed by atoms with van der Waals surface area (Å²) in [6, 6.07) is 11.8. The Balaban J connectivity index is 1.66. The number of pyridine rings is 1. The second-order valence-corrected chi connectivity index (χ2v) is 6.92. The Hall–Kier alpha value is -2.52. The number of aryl methyl sites for hydroxylation is 2. The van der Waals surface area contributed by atoms with Gasteiger partial charge in [-0.15, -0.1) is 0 Å². The molecule has 5 nitrogen and oxygen atoms in total. The smallest absolute Gasteiger partial charge is 0.230 e. The van der Waals surface area contributed by atoms with E-state index in [2.05, 4.69) is 16.4 Å². The number of para-hydroxylation sites is 1. The molecule has 1 N–H and O–H groups in total. The van der Waals surface area contributed by atoms with Gasteiger partial charge < -0.3 is 10.1 Å². The second kappa shape index (κ2) is 7.58. The van der Waals surface area contributed by atoms with Crippen LogP contribution in [-0.4, -0.2) is 23.3 Å². The van der Waals surface area contributed by atoms with Crippen LogP contribution in [-0.2, 0) is 4.79 Å². The number of fused-ring (bicyclic) bond motifs is 1. The molecular formula is C19H19N3O2S. The first-order valence-corrected chi connectivity index (χ1v) is 9.09. The molecule has 0 spiro atoms. The van der Waals surface area contributed by atoms with Crippen LogP contribution in [0.5, 0.6) is 5.75 Å². The van der Waals surface area contributed by atoms with Crippen molar-refractivity contribution in [1.82, 2.24) is 10.3 Å². The fourth-order valence-electron chi connectivity index (χ4n) is 2.90. The number of rotatable bonds is 4. The van der Waals surface area contributed by atoms with Gasteiger partial charge >= 0.3 is 0 Å². The van der Waals surface area contributed by atoms with E-state index in [1.54, 1.807) is 0 Å². The third kappa shape index (κ3) is 3.94. The zero-order valence-electron chi connectivity index (χ0n) is 14.2. The number of hydrogen-bond donors (Lipinski definition) is 1. The molecule has 1 aromatic heterocycles. The molecule has 1 aromatic carbocycles. The minimum absolute atomic E-state index is 0.0410. The first-order valence-electron chi connectivity index (χ1n) is 8.10. The minimum atomic E-state index is -0.0726. The normalized spacial score (nSPS) is 15.6. The quantitative estimate of drug-likeness (QED) is 0.854. The maximum absolute atomic E-state index is 12.4. The Morgan fingerprint density at radius 3 is 3.04 bits per heavy atom. The molecule has 2 aromatic rings. The standard InChI is InChI=1S/C19H19N3O2S/c1-12-9-13(2)21-19(15(12)10-20)25-11-18(23)22-16-7-8-24-17-6-4-3-5-14(16)17/h3-6,9,16H,7-8,11H2,1-2H3,(H,22,23)/t16-/m0/s1. The number of benzene rings is 1. The molecule has 25 heavy (non-hydrogen) atoms. The summed E-state index contributed by atoms with van der Waals surface area (Å²) in [5.74, 6) is 0.982. The average Bonchev–Trinajstić information content (AvgIpc) is 2.60. The lowest BCUT2D eigenvalue weighted by Gasteiger charge is -2.26. The molecule has 1 aliphatic rings. The van der Waals surface area contributed by atoms with Crippen molar-refractivity contribution >= 4 is 17.7 Å². The molecule has 6 heteroatoms. The SMILES string of the molecule is Cc1cc(C)c(C#N)c(SCC(=O)N[C@H]2CCOc3ccccc32)n1. The van der Waals surface area contributed by atoms with Crippen molar-refractivity contribution in [2.75, 3.05) is 12.4 Å². The fourth-order valence-corrected chi connectivity index (χ4v) is 3.82. The number of nitrogens with one attached hydrogen (secondary N) is 1. The van der Waals surface area contributed by atoms with Gasteiger partial charge in [-0.2, -0.15) is 5.26 Å². The molecule has 0 saturated carbocycles. The summed E-state index contributed by atoms with van der Waals surface area (Å²) in [5.41, 5.74) is 3.28. The van der Waals surface area contributed by atoms with E-state index in [-0.39, 0.29) is 17.7 Å². The Morgan fingerprint density at radius 2 is 2.24 bits per heavy atom. The van der Waals surface area contributed by atoms with Crippen molar-refractivity contribution in [2.24, 2.45) is 0 Å². The molecule has 0 fully saturated rings. The third-order valence-electron chi connectivity index (χ3n) is 4.06. The zero-order valence-corrected chi connectivity index (χ0v) is 15.0. The number of hydrogen-bond acceptors (Lipinski definition) is 5. The first kappa shape index (κ1) is 17.3. The Morgan fingerprint density at radius 1 is 1.44 bits per heavy atom. The Labute approximate surface area is 151 Å². The molecule has 1 atom stereocenters. The van der Waals surface area contributed by atoms with Crippen molar-refractivity contribution < 1.29 is 9.53 Å². The summed E-state index contributed by atoms with van der Waals surface area (Å²) in [7, 11) is 0. The Kier molecular flexibility index (Phi) is 5.25. The van der Waals surface area contributed by atoms with Crippen LogP contribution in [0, 0.1) is 25.2 Å². The monoisotopic (exact) mass is 353 g/mol. The lowest BCUT2D eigenvalue weighted by Crippen LogP contribution is -2.33. The topological polar surface area (TPSA) is 75.0 Å². The highest BCUT2D eigenvalue weighted by Gasteiger charge is 2.22. The summed E-state index contributed by atoms with van der Waals surface area (Å²) in [6.07, 6.45) is 0.749. The van der Waals surface area contributed by atoms with Crippen LogP contribution in [0.3, 0.4) is 0 Å². The van der Waals surface area contributed by atoms with E-state index in [4.69, 9.17) is 4.74 Å². The predicted molar refractivity (Wildman–Crippen MR) is 96.6 cm³/mol. The van der Waals surface area contributed by atoms with Crippen molar-refractivity contribution in [2.45, 2.75) is 31.3 Å². The predicted octanol–water partition coefficient (Wildman–Crippen LogP) is 3.30. The maximum Gasteiger partial charge on any atom is 0.230 e. The molecule has 0 bridgehead atoms. The molecule has 1 amide bonds. The van der Waals surface area contributed by atoms with Gasteiger partial charge in [-0.1, -0.05) is 30.0 Å². The Bertz CT molecular complexity index is 845. The van der Waals surface area contributed by atoms with Gasteiger partial charge in [0.15, 0.2) is 0 Å². The van der Waals surface area contributed by atoms with Gasteiger partial charge in [0.05, 0.1) is 24.0 Å². The van der Waals surface area contributed by atoms with Crippen LogP contribution in [0.4, 0.5) is 0 Å². The van der Waals surface area contributed by atoms with E-state index in [1.165, 1.54) is 11.8 Å². The van der Waals surface area contributed by atoms with Crippen LogP contribution in [0.25, 0.3) is 0 Å². The summed E-state index contributed by atoms with van der Waals surface area (Å²) in [5, 5.41) is 13.0. The van der Waals surface area contributed by atoms with E-state index < -0.39 is 0 Å². The summed E-state index contributed by atoms with van der Waals surface area (Å²) >= 11 is 1.30. The van der Waals surface area contributed by atoms with E-state index in [0.717, 1.165) is 29.0 Å². The number of thioether (sulfide) groups is 1. The van der Waals surface area contributed by atoms with Gasteiger partial charge in [0.2, 0.25) is 5.91 Å². The van der Waals surface area contributed by atoms with Gasteiger partial charge in [0.25, 0.3) is 0 Å². The molecular weight excluding hydrogens is 334 g/mol. The minimum Gasteiger partial charge on any atom is -0.493 e. The summed E-state index contributed by atoms with van der Waals surface area (Å²) in [6.45, 7) is 4.36. The lowest BCUT2D eigenvalue weighted by atomic mass is 10.0. The molecule has 128 valence electrons. The maximum atomic E-state index is 12.4. The summed E-state index contributed by atoms with van der Waals surface area (Å²) < 4.78 is 5.62. The van der Waals surface area contributed by atoms with Crippen LogP contribution in [0.1, 0.15) is 34.8 Å². The molecule has 1 aliphatic heterocycles. The number of ether oxygens (including phenoxy) is 1. The van der Waals surface area contributed by atoms with Crippen LogP contribution in [0.15, 0.2) is 35.4 Å². The van der Waals surface area contributed by atoms with Crippen LogP contribution < -0.4 is 10.1 Å². The number of aromatic nitrogens is 1. The lowest BCUT2D eigenvalue weighted by molar-refractivity contribution is -0.119. The molecule has 2 heterocycles. The molecule has 0 saturated heterocycles. The number of carbonyl (C=O) groups excluding carboxylic acids is 1. The van der Waals surface area contributed by atoms with Crippen LogP contribution in [0.2, 0.25) is 0 Å². The number of nitriles is 1. The average molecular weight is 353 g/mol. The van der Waals surface area contributed by atoms with Gasteiger partial charge in [0, 0.05) is 17.7 Å². The highest BCUT2D eigenvalue weighted by molar-refractivity contribution is 8.00. The van der Waals surface area contributed by atoms with Gasteiger partial charge in [-0.25, -0.2) is 4.98 Å². The van der Waals surface area contributed by atoms with Gasteiger partial charge in [-0.3, -0.25) is 4.79 Å². The van der Waals surface area contributed by atoms with Crippen LogP contribution >= 0.6 is 11.8 Å². The number of carbonyl (C=O) groups is 1. The molecule has 0 aliphatic carbocycles. The van der Waals surface area contributed by atoms with Crippen molar-refractivity contribution in [3.63, 3.8) is 0 Å². The second-order valence-electron chi connectivity index (χ2n) is 5.96. The van der Waals surface area contributed by atoms with E-state index in [0.29, 0.717) is 17.2 Å². The summed E-state index contributed by atoms with van der Waals surface area (Å²) in [4.78, 5) is 16.8. The van der Waals surface area contributed by atoms with E-state index in [9.17, 15) is 10.1 Å². The highest BCUT2D eigenvalue weighted by Crippen LogP contribution is 2.31. The largest absolute Gasteiger partial charge is 0.493 e. The molecule has 0 unspecified atom stereocenters. The highest BCUT2D eigenvalue weighted by atomic mass is 32.2. The van der Waals surface area contributed by atoms with E-state index >= 15 is 0 Å². The number of nitrogens with zero attached hydrogens (tertiary/aromatic N) is 2. The number of amides is 1. The fraction of sp³-hybridized carbons (Fsp3) is 0.316. The van der Waals surface area contributed by atoms with Gasteiger partial charge in [0.1, 0.15) is 16.8 Å². The van der Waals surface area contributed by atoms with Crippen molar-refractivity contribution in [3.05, 3.63) is 52.7 Å².